The molecule has 0 aliphatic carbocycles. The number of pyridine rings is 1. The SMILES string of the molecule is CCc1ccccc1Oc1cccnc1CN. The van der Waals surface area contributed by atoms with Gasteiger partial charge in [0.15, 0.2) is 0 Å². The van der Waals surface area contributed by atoms with Crippen molar-refractivity contribution in [3.63, 3.8) is 0 Å². The van der Waals surface area contributed by atoms with E-state index in [1.54, 1.807) is 6.20 Å². The van der Waals surface area contributed by atoms with Crippen LogP contribution in [0, 0.1) is 0 Å². The molecule has 2 rings (SSSR count). The molecule has 2 aromatic rings. The minimum Gasteiger partial charge on any atom is -0.455 e. The van der Waals surface area contributed by atoms with E-state index in [1.807, 2.05) is 30.3 Å². The Kier molecular flexibility index (Phi) is 3.73. The Morgan fingerprint density at radius 3 is 2.65 bits per heavy atom. The molecule has 3 heteroatoms. The highest BCUT2D eigenvalue weighted by atomic mass is 16.5. The Morgan fingerprint density at radius 2 is 1.88 bits per heavy atom. The fraction of sp³-hybridized carbons (Fsp3) is 0.214. The molecular formula is C14H16N2O. The summed E-state index contributed by atoms with van der Waals surface area (Å²) in [6, 6.07) is 11.7. The summed E-state index contributed by atoms with van der Waals surface area (Å²) >= 11 is 0. The Bertz CT molecular complexity index is 452. The van der Waals surface area contributed by atoms with Crippen LogP contribution in [-0.2, 0) is 13.0 Å². The molecule has 0 radical (unpaired) electrons. The molecule has 0 spiro atoms. The molecule has 0 aliphatic rings. The minimum atomic E-state index is 0.379. The molecule has 0 bridgehead atoms. The van der Waals surface area contributed by atoms with Crippen LogP contribution in [-0.4, -0.2) is 4.98 Å². The summed E-state index contributed by atoms with van der Waals surface area (Å²) in [7, 11) is 0. The molecule has 0 unspecified atom stereocenters. The predicted octanol–water partition coefficient (Wildman–Crippen LogP) is 2.90. The molecule has 2 N–H and O–H groups in total. The lowest BCUT2D eigenvalue weighted by Gasteiger charge is -2.11. The third-order valence-electron chi connectivity index (χ3n) is 2.62. The van der Waals surface area contributed by atoms with Crippen molar-refractivity contribution in [1.29, 1.82) is 0 Å². The van der Waals surface area contributed by atoms with Crippen molar-refractivity contribution < 1.29 is 4.74 Å². The number of ether oxygens (including phenoxy) is 1. The van der Waals surface area contributed by atoms with E-state index in [4.69, 9.17) is 10.5 Å². The summed E-state index contributed by atoms with van der Waals surface area (Å²) < 4.78 is 5.88. The van der Waals surface area contributed by atoms with E-state index in [2.05, 4.69) is 18.0 Å². The monoisotopic (exact) mass is 228 g/mol. The fourth-order valence-electron chi connectivity index (χ4n) is 1.68. The van der Waals surface area contributed by atoms with Gasteiger partial charge in [0.1, 0.15) is 11.5 Å². The normalized spacial score (nSPS) is 10.2. The molecule has 17 heavy (non-hydrogen) atoms. The van der Waals surface area contributed by atoms with Crippen molar-refractivity contribution in [2.24, 2.45) is 5.73 Å². The average molecular weight is 228 g/mol. The third kappa shape index (κ3) is 2.63. The maximum Gasteiger partial charge on any atom is 0.150 e. The van der Waals surface area contributed by atoms with Gasteiger partial charge >= 0.3 is 0 Å². The molecule has 1 heterocycles. The lowest BCUT2D eigenvalue weighted by Crippen LogP contribution is -2.02. The molecule has 0 aliphatic heterocycles. The molecular weight excluding hydrogens is 212 g/mol. The Morgan fingerprint density at radius 1 is 1.12 bits per heavy atom. The lowest BCUT2D eigenvalue weighted by molar-refractivity contribution is 0.467. The number of aromatic nitrogens is 1. The second-order valence-corrected chi connectivity index (χ2v) is 3.72. The second kappa shape index (κ2) is 5.46. The lowest BCUT2D eigenvalue weighted by atomic mass is 10.1. The van der Waals surface area contributed by atoms with E-state index in [-0.39, 0.29) is 0 Å². The average Bonchev–Trinajstić information content (AvgIpc) is 2.40. The highest BCUT2D eigenvalue weighted by molar-refractivity contribution is 5.39. The number of para-hydroxylation sites is 1. The smallest absolute Gasteiger partial charge is 0.150 e. The van der Waals surface area contributed by atoms with Crippen molar-refractivity contribution in [2.75, 3.05) is 0 Å². The molecule has 3 nitrogen and oxygen atoms in total. The van der Waals surface area contributed by atoms with Crippen LogP contribution in [0.4, 0.5) is 0 Å². The fourth-order valence-corrected chi connectivity index (χ4v) is 1.68. The maximum atomic E-state index is 5.88. The van der Waals surface area contributed by atoms with Gasteiger partial charge in [-0.15, -0.1) is 0 Å². The van der Waals surface area contributed by atoms with E-state index in [1.165, 1.54) is 5.56 Å². The number of nitrogens with two attached hydrogens (primary N) is 1. The molecule has 88 valence electrons. The van der Waals surface area contributed by atoms with Crippen molar-refractivity contribution in [3.05, 3.63) is 53.9 Å². The third-order valence-corrected chi connectivity index (χ3v) is 2.62. The second-order valence-electron chi connectivity index (χ2n) is 3.72. The van der Waals surface area contributed by atoms with Gasteiger partial charge in [0.25, 0.3) is 0 Å². The van der Waals surface area contributed by atoms with Gasteiger partial charge in [-0.05, 0) is 30.2 Å². The van der Waals surface area contributed by atoms with Gasteiger partial charge < -0.3 is 10.5 Å². The maximum absolute atomic E-state index is 5.88. The van der Waals surface area contributed by atoms with Gasteiger partial charge in [-0.25, -0.2) is 0 Å². The van der Waals surface area contributed by atoms with Crippen LogP contribution in [0.5, 0.6) is 11.5 Å². The van der Waals surface area contributed by atoms with Crippen molar-refractivity contribution in [3.8, 4) is 11.5 Å². The first-order valence-electron chi connectivity index (χ1n) is 5.75. The number of benzene rings is 1. The summed E-state index contributed by atoms with van der Waals surface area (Å²) in [5.41, 5.74) is 7.59. The molecule has 0 atom stereocenters. The predicted molar refractivity (Wildman–Crippen MR) is 68.0 cm³/mol. The standard InChI is InChI=1S/C14H16N2O/c1-2-11-6-3-4-7-13(11)17-14-8-5-9-16-12(14)10-15/h3-9H,2,10,15H2,1H3. The van der Waals surface area contributed by atoms with Gasteiger partial charge in [-0.2, -0.15) is 0 Å². The van der Waals surface area contributed by atoms with Crippen LogP contribution in [0.2, 0.25) is 0 Å². The summed E-state index contributed by atoms with van der Waals surface area (Å²) in [6.45, 7) is 2.49. The quantitative estimate of drug-likeness (QED) is 0.875. The summed E-state index contributed by atoms with van der Waals surface area (Å²) in [5, 5.41) is 0. The number of hydrogen-bond donors (Lipinski definition) is 1. The first kappa shape index (κ1) is 11.6. The van der Waals surface area contributed by atoms with E-state index < -0.39 is 0 Å². The topological polar surface area (TPSA) is 48.1 Å². The van der Waals surface area contributed by atoms with Crippen LogP contribution < -0.4 is 10.5 Å². The first-order chi connectivity index (χ1) is 8.35. The zero-order valence-corrected chi connectivity index (χ0v) is 9.89. The summed E-state index contributed by atoms with van der Waals surface area (Å²) in [6.07, 6.45) is 2.66. The van der Waals surface area contributed by atoms with Gasteiger partial charge in [-0.3, -0.25) is 4.98 Å². The van der Waals surface area contributed by atoms with Crippen molar-refractivity contribution in [1.82, 2.24) is 4.98 Å². The van der Waals surface area contributed by atoms with E-state index in [0.717, 1.165) is 23.6 Å². The van der Waals surface area contributed by atoms with E-state index in [0.29, 0.717) is 6.54 Å². The molecule has 1 aromatic heterocycles. The van der Waals surface area contributed by atoms with E-state index >= 15 is 0 Å². The minimum absolute atomic E-state index is 0.379. The first-order valence-corrected chi connectivity index (χ1v) is 5.75. The number of aryl methyl sites for hydroxylation is 1. The Balaban J connectivity index is 2.31. The zero-order valence-electron chi connectivity index (χ0n) is 9.89. The van der Waals surface area contributed by atoms with Crippen LogP contribution in [0.3, 0.4) is 0 Å². The Labute approximate surface area is 101 Å². The molecule has 0 amide bonds. The molecule has 1 aromatic carbocycles. The van der Waals surface area contributed by atoms with Gasteiger partial charge in [-0.1, -0.05) is 25.1 Å². The molecule has 0 saturated carbocycles. The summed E-state index contributed by atoms with van der Waals surface area (Å²) in [5.74, 6) is 1.61. The van der Waals surface area contributed by atoms with Gasteiger partial charge in [0.2, 0.25) is 0 Å². The van der Waals surface area contributed by atoms with Gasteiger partial charge in [0.05, 0.1) is 5.69 Å². The zero-order chi connectivity index (χ0) is 12.1. The highest BCUT2D eigenvalue weighted by Crippen LogP contribution is 2.27. The number of hydrogen-bond acceptors (Lipinski definition) is 3. The Hall–Kier alpha value is -1.87. The molecule has 0 fully saturated rings. The van der Waals surface area contributed by atoms with Crippen LogP contribution in [0.15, 0.2) is 42.6 Å². The van der Waals surface area contributed by atoms with Crippen molar-refractivity contribution >= 4 is 0 Å². The summed E-state index contributed by atoms with van der Waals surface area (Å²) in [4.78, 5) is 4.20. The van der Waals surface area contributed by atoms with Crippen LogP contribution in [0.1, 0.15) is 18.2 Å². The highest BCUT2D eigenvalue weighted by Gasteiger charge is 2.06. The number of nitrogens with zero attached hydrogens (tertiary/aromatic N) is 1. The van der Waals surface area contributed by atoms with Crippen LogP contribution in [0.25, 0.3) is 0 Å². The van der Waals surface area contributed by atoms with Gasteiger partial charge in [0, 0.05) is 12.7 Å². The van der Waals surface area contributed by atoms with Crippen molar-refractivity contribution in [2.45, 2.75) is 19.9 Å². The van der Waals surface area contributed by atoms with E-state index in [9.17, 15) is 0 Å². The van der Waals surface area contributed by atoms with Crippen LogP contribution >= 0.6 is 0 Å². The molecule has 0 saturated heterocycles. The largest absolute Gasteiger partial charge is 0.455 e. The number of rotatable bonds is 4.